The van der Waals surface area contributed by atoms with Gasteiger partial charge < -0.3 is 5.32 Å². The summed E-state index contributed by atoms with van der Waals surface area (Å²) < 4.78 is 0. The van der Waals surface area contributed by atoms with Crippen LogP contribution in [0.3, 0.4) is 0 Å². The predicted molar refractivity (Wildman–Crippen MR) is 97.4 cm³/mol. The molecule has 0 spiro atoms. The van der Waals surface area contributed by atoms with Gasteiger partial charge in [-0.05, 0) is 32.5 Å². The van der Waals surface area contributed by atoms with Gasteiger partial charge >= 0.3 is 0 Å². The van der Waals surface area contributed by atoms with Crippen molar-refractivity contribution in [3.05, 3.63) is 29.8 Å². The Balaban J connectivity index is 2.09. The van der Waals surface area contributed by atoms with Gasteiger partial charge in [0.1, 0.15) is 0 Å². The Labute approximate surface area is 136 Å². The summed E-state index contributed by atoms with van der Waals surface area (Å²) >= 11 is 1.97. The first-order valence-corrected chi connectivity index (χ1v) is 9.61. The molecular weight excluding hydrogens is 274 g/mol. The molecule has 1 aromatic rings. The first kappa shape index (κ1) is 18.6. The molecule has 1 nitrogen and oxygen atoms in total. The molecule has 2 heteroatoms. The summed E-state index contributed by atoms with van der Waals surface area (Å²) in [6.45, 7) is 4.43. The maximum absolute atomic E-state index is 3.47. The topological polar surface area (TPSA) is 12.0 Å². The Hall–Kier alpha value is -0.470. The molecule has 120 valence electrons. The van der Waals surface area contributed by atoms with Gasteiger partial charge in [0.25, 0.3) is 0 Å². The zero-order valence-electron chi connectivity index (χ0n) is 14.2. The van der Waals surface area contributed by atoms with E-state index in [9.17, 15) is 0 Å². The molecule has 0 saturated carbocycles. The molecule has 0 amide bonds. The molecule has 0 heterocycles. The van der Waals surface area contributed by atoms with E-state index in [1.54, 1.807) is 0 Å². The number of hydrogen-bond acceptors (Lipinski definition) is 2. The van der Waals surface area contributed by atoms with Crippen molar-refractivity contribution < 1.29 is 0 Å². The van der Waals surface area contributed by atoms with Crippen molar-refractivity contribution in [1.82, 2.24) is 5.32 Å². The van der Waals surface area contributed by atoms with Gasteiger partial charge in [-0.2, -0.15) is 0 Å². The fourth-order valence-corrected chi connectivity index (χ4v) is 3.55. The standard InChI is InChI=1S/C19H33NS/c1-4-5-6-7-8-9-10-11-18(20-3)16-21-19-14-12-17(2)13-15-19/h12-15,18,20H,4-11,16H2,1-3H3. The van der Waals surface area contributed by atoms with Gasteiger partial charge in [-0.15, -0.1) is 11.8 Å². The van der Waals surface area contributed by atoms with E-state index in [-0.39, 0.29) is 0 Å². The highest BCUT2D eigenvalue weighted by Crippen LogP contribution is 2.20. The molecular formula is C19H33NS. The summed E-state index contributed by atoms with van der Waals surface area (Å²) in [5.74, 6) is 1.18. The quantitative estimate of drug-likeness (QED) is 0.386. The van der Waals surface area contributed by atoms with E-state index in [1.165, 1.54) is 67.6 Å². The minimum atomic E-state index is 0.645. The lowest BCUT2D eigenvalue weighted by Crippen LogP contribution is -2.27. The van der Waals surface area contributed by atoms with Crippen molar-refractivity contribution >= 4 is 11.8 Å². The van der Waals surface area contributed by atoms with Crippen LogP contribution in [0.15, 0.2) is 29.2 Å². The highest BCUT2D eigenvalue weighted by molar-refractivity contribution is 7.99. The fourth-order valence-electron chi connectivity index (χ4n) is 2.49. The molecule has 0 radical (unpaired) electrons. The van der Waals surface area contributed by atoms with Crippen LogP contribution in [0.1, 0.15) is 63.9 Å². The van der Waals surface area contributed by atoms with Gasteiger partial charge in [0.15, 0.2) is 0 Å². The average molecular weight is 308 g/mol. The summed E-state index contributed by atoms with van der Waals surface area (Å²) in [5.41, 5.74) is 1.34. The minimum absolute atomic E-state index is 0.645. The van der Waals surface area contributed by atoms with Crippen LogP contribution in [0.4, 0.5) is 0 Å². The predicted octanol–water partition coefficient (Wildman–Crippen LogP) is 5.82. The van der Waals surface area contributed by atoms with Gasteiger partial charge in [0.05, 0.1) is 0 Å². The third-order valence-corrected chi connectivity index (χ3v) is 5.21. The van der Waals surface area contributed by atoms with Crippen molar-refractivity contribution in [2.75, 3.05) is 12.8 Å². The van der Waals surface area contributed by atoms with E-state index in [2.05, 4.69) is 50.5 Å². The average Bonchev–Trinajstić information content (AvgIpc) is 2.51. The zero-order valence-corrected chi connectivity index (χ0v) is 15.0. The van der Waals surface area contributed by atoms with Gasteiger partial charge in [-0.1, -0.05) is 69.6 Å². The van der Waals surface area contributed by atoms with Gasteiger partial charge in [-0.3, -0.25) is 0 Å². The molecule has 0 saturated heterocycles. The summed E-state index contributed by atoms with van der Waals surface area (Å²) in [6, 6.07) is 9.52. The second kappa shape index (κ2) is 12.1. The second-order valence-electron chi connectivity index (χ2n) is 6.02. The van der Waals surface area contributed by atoms with Crippen LogP contribution in [-0.4, -0.2) is 18.8 Å². The lowest BCUT2D eigenvalue weighted by atomic mass is 10.1. The number of hydrogen-bond donors (Lipinski definition) is 1. The molecule has 0 aliphatic heterocycles. The highest BCUT2D eigenvalue weighted by Gasteiger charge is 2.06. The molecule has 0 fully saturated rings. The Kier molecular flexibility index (Phi) is 10.7. The van der Waals surface area contributed by atoms with E-state index in [4.69, 9.17) is 0 Å². The first-order chi connectivity index (χ1) is 10.3. The van der Waals surface area contributed by atoms with Gasteiger partial charge in [0.2, 0.25) is 0 Å². The summed E-state index contributed by atoms with van der Waals surface area (Å²) in [7, 11) is 2.10. The molecule has 1 unspecified atom stereocenters. The van der Waals surface area contributed by atoms with Crippen molar-refractivity contribution in [3.63, 3.8) is 0 Å². The summed E-state index contributed by atoms with van der Waals surface area (Å²) in [4.78, 5) is 1.39. The third-order valence-electron chi connectivity index (χ3n) is 4.04. The SMILES string of the molecule is CCCCCCCCCC(CSc1ccc(C)cc1)NC. The molecule has 0 aromatic heterocycles. The van der Waals surface area contributed by atoms with Gasteiger partial charge in [0, 0.05) is 16.7 Å². The third kappa shape index (κ3) is 9.21. The van der Waals surface area contributed by atoms with Crippen LogP contribution in [0.2, 0.25) is 0 Å². The smallest absolute Gasteiger partial charge is 0.0158 e. The number of aryl methyl sites for hydroxylation is 1. The Morgan fingerprint density at radius 1 is 0.952 bits per heavy atom. The van der Waals surface area contributed by atoms with Crippen LogP contribution >= 0.6 is 11.8 Å². The maximum Gasteiger partial charge on any atom is 0.0158 e. The number of rotatable bonds is 12. The van der Waals surface area contributed by atoms with Crippen LogP contribution in [0, 0.1) is 6.92 Å². The van der Waals surface area contributed by atoms with E-state index in [1.807, 2.05) is 11.8 Å². The molecule has 0 bridgehead atoms. The maximum atomic E-state index is 3.47. The van der Waals surface area contributed by atoms with Crippen LogP contribution in [0.25, 0.3) is 0 Å². The Bertz CT molecular complexity index is 347. The largest absolute Gasteiger partial charge is 0.316 e. The van der Waals surface area contributed by atoms with Crippen LogP contribution in [0.5, 0.6) is 0 Å². The molecule has 1 N–H and O–H groups in total. The van der Waals surface area contributed by atoms with Gasteiger partial charge in [-0.25, -0.2) is 0 Å². The fraction of sp³-hybridized carbons (Fsp3) is 0.684. The molecule has 21 heavy (non-hydrogen) atoms. The molecule has 1 rings (SSSR count). The number of benzene rings is 1. The summed E-state index contributed by atoms with van der Waals surface area (Å²) in [6.07, 6.45) is 11.1. The lowest BCUT2D eigenvalue weighted by molar-refractivity contribution is 0.511. The molecule has 1 atom stereocenters. The highest BCUT2D eigenvalue weighted by atomic mass is 32.2. The molecule has 0 aliphatic carbocycles. The van der Waals surface area contributed by atoms with E-state index < -0.39 is 0 Å². The Morgan fingerprint density at radius 3 is 2.19 bits per heavy atom. The van der Waals surface area contributed by atoms with Crippen molar-refractivity contribution in [2.45, 2.75) is 76.2 Å². The summed E-state index contributed by atoms with van der Waals surface area (Å²) in [5, 5.41) is 3.47. The molecule has 0 aliphatic rings. The number of nitrogens with one attached hydrogen (secondary N) is 1. The van der Waals surface area contributed by atoms with Crippen LogP contribution in [-0.2, 0) is 0 Å². The number of thioether (sulfide) groups is 1. The van der Waals surface area contributed by atoms with Crippen molar-refractivity contribution in [2.24, 2.45) is 0 Å². The monoisotopic (exact) mass is 307 g/mol. The normalized spacial score (nSPS) is 12.5. The molecule has 1 aromatic carbocycles. The van der Waals surface area contributed by atoms with E-state index in [0.717, 1.165) is 0 Å². The van der Waals surface area contributed by atoms with Crippen LogP contribution < -0.4 is 5.32 Å². The van der Waals surface area contributed by atoms with E-state index in [0.29, 0.717) is 6.04 Å². The minimum Gasteiger partial charge on any atom is -0.316 e. The van der Waals surface area contributed by atoms with E-state index >= 15 is 0 Å². The lowest BCUT2D eigenvalue weighted by Gasteiger charge is -2.15. The zero-order chi connectivity index (χ0) is 15.3. The van der Waals surface area contributed by atoms with Crippen molar-refractivity contribution in [3.8, 4) is 0 Å². The second-order valence-corrected chi connectivity index (χ2v) is 7.11. The van der Waals surface area contributed by atoms with Crippen molar-refractivity contribution in [1.29, 1.82) is 0 Å². The Morgan fingerprint density at radius 2 is 1.57 bits per heavy atom. The first-order valence-electron chi connectivity index (χ1n) is 8.63. The number of unbranched alkanes of at least 4 members (excludes halogenated alkanes) is 6.